The van der Waals surface area contributed by atoms with Gasteiger partial charge in [-0.1, -0.05) is 127 Å². The zero-order valence-corrected chi connectivity index (χ0v) is 27.3. The molecule has 1 aliphatic rings. The van der Waals surface area contributed by atoms with E-state index in [1.165, 1.54) is 49.7 Å². The molecule has 3 nitrogen and oxygen atoms in total. The Balaban J connectivity index is 1.19. The third-order valence-corrected chi connectivity index (χ3v) is 10.0. The molecule has 0 radical (unpaired) electrons. The third-order valence-electron chi connectivity index (χ3n) is 10.0. The summed E-state index contributed by atoms with van der Waals surface area (Å²) < 4.78 is 11.6. The number of rotatable bonds is 7. The summed E-state index contributed by atoms with van der Waals surface area (Å²) in [5.74, 6) is 2.20. The second-order valence-electron chi connectivity index (χ2n) is 12.8. The summed E-state index contributed by atoms with van der Waals surface area (Å²) in [6, 6.07) is 54.8. The molecule has 48 heavy (non-hydrogen) atoms. The lowest BCUT2D eigenvalue weighted by atomic mass is 9.66. The van der Waals surface area contributed by atoms with Crippen LogP contribution in [0.3, 0.4) is 0 Å². The van der Waals surface area contributed by atoms with Crippen molar-refractivity contribution in [2.75, 3.05) is 7.11 Å². The van der Waals surface area contributed by atoms with Crippen molar-refractivity contribution >= 4 is 10.8 Å². The van der Waals surface area contributed by atoms with Crippen LogP contribution in [0.15, 0.2) is 158 Å². The maximum Gasteiger partial charge on any atom is 0.127 e. The largest absolute Gasteiger partial charge is 0.497 e. The molecular formula is C45H36O3. The number of methoxy groups -OCH3 is 1. The molecule has 7 aromatic rings. The van der Waals surface area contributed by atoms with Gasteiger partial charge in [0, 0.05) is 0 Å². The van der Waals surface area contributed by atoms with Crippen LogP contribution in [-0.4, -0.2) is 12.2 Å². The summed E-state index contributed by atoms with van der Waals surface area (Å²) in [6.45, 7) is 3.94. The molecule has 0 bridgehead atoms. The summed E-state index contributed by atoms with van der Waals surface area (Å²) >= 11 is 0. The predicted molar refractivity (Wildman–Crippen MR) is 194 cm³/mol. The first kappa shape index (κ1) is 29.7. The minimum Gasteiger partial charge on any atom is -0.497 e. The Bertz CT molecular complexity index is 2250. The van der Waals surface area contributed by atoms with Crippen molar-refractivity contribution in [2.45, 2.75) is 24.9 Å². The van der Waals surface area contributed by atoms with Gasteiger partial charge in [0.05, 0.1) is 12.5 Å². The highest BCUT2D eigenvalue weighted by Gasteiger charge is 2.47. The molecule has 2 atom stereocenters. The van der Waals surface area contributed by atoms with E-state index in [-0.39, 0.29) is 0 Å². The second kappa shape index (κ2) is 11.6. The zero-order chi connectivity index (χ0) is 32.9. The Kier molecular flexibility index (Phi) is 7.16. The lowest BCUT2D eigenvalue weighted by molar-refractivity contribution is 0.102. The first-order valence-electron chi connectivity index (χ1n) is 16.3. The summed E-state index contributed by atoms with van der Waals surface area (Å²) in [5, 5.41) is 13.9. The molecule has 0 saturated carbocycles. The van der Waals surface area contributed by atoms with Crippen molar-refractivity contribution in [3.8, 4) is 28.4 Å². The van der Waals surface area contributed by atoms with Gasteiger partial charge in [-0.3, -0.25) is 0 Å². The van der Waals surface area contributed by atoms with Crippen LogP contribution in [-0.2, 0) is 11.0 Å². The number of aryl methyl sites for hydroxylation is 1. The van der Waals surface area contributed by atoms with Gasteiger partial charge < -0.3 is 14.6 Å². The first-order valence-corrected chi connectivity index (χ1v) is 16.3. The molecule has 0 aliphatic heterocycles. The SMILES string of the molecule is COc1ccc(C(C)(O)c2ccc(Oc3ccc(C4(c5ccc(C)cc5)c5ccccc5-c5ccc6ccccc6c54)cc3)cc2)cc1. The number of fused-ring (bicyclic) bond motifs is 5. The number of hydrogen-bond donors (Lipinski definition) is 1. The van der Waals surface area contributed by atoms with Gasteiger partial charge in [0.2, 0.25) is 0 Å². The molecule has 0 heterocycles. The van der Waals surface area contributed by atoms with Gasteiger partial charge in [-0.05, 0) is 106 Å². The van der Waals surface area contributed by atoms with Crippen LogP contribution in [0.25, 0.3) is 21.9 Å². The molecular weight excluding hydrogens is 588 g/mol. The van der Waals surface area contributed by atoms with Crippen LogP contribution in [0.1, 0.15) is 45.9 Å². The topological polar surface area (TPSA) is 38.7 Å². The maximum absolute atomic E-state index is 11.4. The van der Waals surface area contributed by atoms with E-state index in [2.05, 4.69) is 116 Å². The highest BCUT2D eigenvalue weighted by molar-refractivity contribution is 6.00. The lowest BCUT2D eigenvalue weighted by Crippen LogP contribution is -2.28. The minimum absolute atomic E-state index is 0.506. The van der Waals surface area contributed by atoms with Crippen molar-refractivity contribution in [2.24, 2.45) is 0 Å². The van der Waals surface area contributed by atoms with E-state index in [0.29, 0.717) is 5.75 Å². The molecule has 7 aromatic carbocycles. The molecule has 0 spiro atoms. The van der Waals surface area contributed by atoms with E-state index in [0.717, 1.165) is 22.6 Å². The van der Waals surface area contributed by atoms with Crippen molar-refractivity contribution in [3.63, 3.8) is 0 Å². The summed E-state index contributed by atoms with van der Waals surface area (Å²) in [6.07, 6.45) is 0. The lowest BCUT2D eigenvalue weighted by Gasteiger charge is -2.35. The Morgan fingerprint density at radius 1 is 0.542 bits per heavy atom. The highest BCUT2D eigenvalue weighted by Crippen LogP contribution is 2.58. The number of aliphatic hydroxyl groups is 1. The minimum atomic E-state index is -1.16. The predicted octanol–water partition coefficient (Wildman–Crippen LogP) is 10.6. The van der Waals surface area contributed by atoms with Crippen LogP contribution in [0, 0.1) is 6.92 Å². The summed E-state index contributed by atoms with van der Waals surface area (Å²) in [4.78, 5) is 0. The fraction of sp³-hybridized carbons (Fsp3) is 0.111. The van der Waals surface area contributed by atoms with Crippen LogP contribution >= 0.6 is 0 Å². The highest BCUT2D eigenvalue weighted by atomic mass is 16.5. The number of ether oxygens (including phenoxy) is 2. The quantitative estimate of drug-likeness (QED) is 0.192. The van der Waals surface area contributed by atoms with Gasteiger partial charge in [-0.15, -0.1) is 0 Å². The van der Waals surface area contributed by atoms with E-state index in [4.69, 9.17) is 9.47 Å². The summed E-state index contributed by atoms with van der Waals surface area (Å²) in [7, 11) is 1.63. The number of hydrogen-bond acceptors (Lipinski definition) is 3. The molecule has 0 amide bonds. The molecule has 2 unspecified atom stereocenters. The van der Waals surface area contributed by atoms with Gasteiger partial charge in [-0.2, -0.15) is 0 Å². The molecule has 0 fully saturated rings. The normalized spacial score (nSPS) is 16.2. The van der Waals surface area contributed by atoms with E-state index in [1.807, 2.05) is 48.5 Å². The van der Waals surface area contributed by atoms with Gasteiger partial charge in [0.25, 0.3) is 0 Å². The standard InChI is InChI=1S/C45H36O3/c1-30-12-15-34(16-13-30)45(42-11-7-6-10-40(42)41-29-14-31-8-4-5-9-39(31)43(41)45)35-21-27-38(28-22-35)48-37-25-19-33(20-26-37)44(2,46)32-17-23-36(47-3)24-18-32/h4-29,46H,1-3H3. The van der Waals surface area contributed by atoms with Crippen LogP contribution in [0.4, 0.5) is 0 Å². The van der Waals surface area contributed by atoms with E-state index >= 15 is 0 Å². The zero-order valence-electron chi connectivity index (χ0n) is 27.3. The molecule has 0 saturated heterocycles. The second-order valence-corrected chi connectivity index (χ2v) is 12.8. The summed E-state index contributed by atoms with van der Waals surface area (Å²) in [5.41, 5.74) is 8.71. The molecule has 0 aromatic heterocycles. The monoisotopic (exact) mass is 624 g/mol. The van der Waals surface area contributed by atoms with Gasteiger partial charge in [-0.25, -0.2) is 0 Å². The third kappa shape index (κ3) is 4.70. The van der Waals surface area contributed by atoms with Gasteiger partial charge in [0.15, 0.2) is 0 Å². The average molecular weight is 625 g/mol. The van der Waals surface area contributed by atoms with Gasteiger partial charge >= 0.3 is 0 Å². The molecule has 8 rings (SSSR count). The fourth-order valence-electron chi connectivity index (χ4n) is 7.49. The smallest absolute Gasteiger partial charge is 0.127 e. The fourth-order valence-corrected chi connectivity index (χ4v) is 7.49. The van der Waals surface area contributed by atoms with Crippen LogP contribution in [0.2, 0.25) is 0 Å². The Morgan fingerprint density at radius 2 is 1.08 bits per heavy atom. The molecule has 234 valence electrons. The van der Waals surface area contributed by atoms with E-state index < -0.39 is 11.0 Å². The van der Waals surface area contributed by atoms with Crippen LogP contribution < -0.4 is 9.47 Å². The molecule has 1 aliphatic carbocycles. The van der Waals surface area contributed by atoms with Crippen LogP contribution in [0.5, 0.6) is 17.2 Å². The van der Waals surface area contributed by atoms with E-state index in [1.54, 1.807) is 14.0 Å². The molecule has 1 N–H and O–H groups in total. The van der Waals surface area contributed by atoms with Crippen molar-refractivity contribution < 1.29 is 14.6 Å². The maximum atomic E-state index is 11.4. The Labute approximate surface area is 281 Å². The van der Waals surface area contributed by atoms with Crippen molar-refractivity contribution in [1.29, 1.82) is 0 Å². The molecule has 3 heteroatoms. The Hall–Kier alpha value is -5.64. The number of benzene rings is 7. The first-order chi connectivity index (χ1) is 23.4. The average Bonchev–Trinajstić information content (AvgIpc) is 3.44. The van der Waals surface area contributed by atoms with Gasteiger partial charge in [0.1, 0.15) is 22.8 Å². The van der Waals surface area contributed by atoms with Crippen molar-refractivity contribution in [1.82, 2.24) is 0 Å². The Morgan fingerprint density at radius 3 is 1.73 bits per heavy atom. The van der Waals surface area contributed by atoms with Crippen molar-refractivity contribution in [3.05, 3.63) is 197 Å². The van der Waals surface area contributed by atoms with E-state index in [9.17, 15) is 5.11 Å².